The fourth-order valence-electron chi connectivity index (χ4n) is 2.51. The van der Waals surface area contributed by atoms with Gasteiger partial charge in [0.25, 0.3) is 0 Å². The second-order valence-corrected chi connectivity index (χ2v) is 7.59. The highest BCUT2D eigenvalue weighted by atomic mass is 32.2. The van der Waals surface area contributed by atoms with Crippen LogP contribution in [0.4, 0.5) is 0 Å². The fraction of sp³-hybridized carbons (Fsp3) is 0.450. The third-order valence-corrected chi connectivity index (χ3v) is 5.21. The second-order valence-electron chi connectivity index (χ2n) is 6.52. The number of phenols is 1. The number of carbonyl (C=O) groups excluding carboxylic acids is 2. The van der Waals surface area contributed by atoms with E-state index in [0.29, 0.717) is 5.75 Å². The Morgan fingerprint density at radius 2 is 1.84 bits per heavy atom. The van der Waals surface area contributed by atoms with Gasteiger partial charge in [0.2, 0.25) is 17.6 Å². The van der Waals surface area contributed by atoms with Crippen molar-refractivity contribution in [2.24, 2.45) is 5.73 Å². The lowest BCUT2D eigenvalue weighted by Gasteiger charge is -2.17. The van der Waals surface area contributed by atoms with Gasteiger partial charge in [-0.1, -0.05) is 12.2 Å². The molecule has 0 aliphatic carbocycles. The molecule has 0 saturated heterocycles. The molecule has 32 heavy (non-hydrogen) atoms. The number of phenolic OH excluding ortho intramolecular Hbond substituents is 1. The van der Waals surface area contributed by atoms with Gasteiger partial charge in [0.05, 0.1) is 14.2 Å². The summed E-state index contributed by atoms with van der Waals surface area (Å²) in [6.07, 6.45) is 3.40. The zero-order valence-corrected chi connectivity index (χ0v) is 18.7. The van der Waals surface area contributed by atoms with Crippen LogP contribution in [0.5, 0.6) is 17.2 Å². The predicted octanol–water partition coefficient (Wildman–Crippen LogP) is -0.101. The van der Waals surface area contributed by atoms with Gasteiger partial charge in [0, 0.05) is 17.9 Å². The Hall–Kier alpha value is -2.96. The topological polar surface area (TPSA) is 180 Å². The van der Waals surface area contributed by atoms with Crippen molar-refractivity contribution in [3.05, 3.63) is 23.8 Å². The number of methoxy groups -OCH3 is 2. The van der Waals surface area contributed by atoms with Crippen molar-refractivity contribution in [3.8, 4) is 17.2 Å². The van der Waals surface area contributed by atoms with Gasteiger partial charge in [-0.15, -0.1) is 0 Å². The molecule has 1 rings (SSSR count). The number of carboxylic acids is 1. The molecule has 0 aliphatic heterocycles. The maximum Gasteiger partial charge on any atom is 0.320 e. The van der Waals surface area contributed by atoms with Crippen molar-refractivity contribution in [2.45, 2.75) is 24.9 Å². The Balaban J connectivity index is 2.64. The summed E-state index contributed by atoms with van der Waals surface area (Å²) in [4.78, 5) is 34.9. The molecule has 2 atom stereocenters. The highest BCUT2D eigenvalue weighted by molar-refractivity contribution is 7.99. The number of thioether (sulfide) groups is 1. The van der Waals surface area contributed by atoms with E-state index in [2.05, 4.69) is 10.6 Å². The summed E-state index contributed by atoms with van der Waals surface area (Å²) in [6, 6.07) is 1.20. The van der Waals surface area contributed by atoms with Crippen LogP contribution in [-0.4, -0.2) is 77.6 Å². The summed E-state index contributed by atoms with van der Waals surface area (Å²) < 4.78 is 10.2. The van der Waals surface area contributed by atoms with Crippen LogP contribution in [0.3, 0.4) is 0 Å². The van der Waals surface area contributed by atoms with Crippen LogP contribution in [0.15, 0.2) is 18.2 Å². The summed E-state index contributed by atoms with van der Waals surface area (Å²) in [5.41, 5.74) is 6.11. The van der Waals surface area contributed by atoms with E-state index in [0.717, 1.165) is 5.56 Å². The number of nitrogens with two attached hydrogens (primary N) is 1. The van der Waals surface area contributed by atoms with Gasteiger partial charge < -0.3 is 41.2 Å². The number of amides is 2. The Morgan fingerprint density at radius 1 is 1.22 bits per heavy atom. The van der Waals surface area contributed by atoms with Crippen molar-refractivity contribution in [2.75, 3.05) is 32.5 Å². The van der Waals surface area contributed by atoms with E-state index in [1.807, 2.05) is 6.08 Å². The minimum atomic E-state index is -1.21. The predicted molar refractivity (Wildman–Crippen MR) is 120 cm³/mol. The molecule has 11 nitrogen and oxygen atoms in total. The van der Waals surface area contributed by atoms with Crippen LogP contribution >= 0.6 is 11.8 Å². The average Bonchev–Trinajstić information content (AvgIpc) is 2.77. The number of rotatable bonds is 14. The zero-order chi connectivity index (χ0) is 24.1. The molecule has 2 unspecified atom stereocenters. The summed E-state index contributed by atoms with van der Waals surface area (Å²) in [5, 5.41) is 32.4. The lowest BCUT2D eigenvalue weighted by molar-refractivity contribution is -0.139. The third kappa shape index (κ3) is 9.04. The number of hydrogen-bond donors (Lipinski definition) is 6. The molecule has 0 spiro atoms. The standard InChI is InChI=1S/C20H29N3O8S/c1-30-15-8-12(9-16(31-2)18(15)26)4-3-7-32-10-14(19(27)22-11-24)23-17(25)6-5-13(21)20(28)29/h3-4,8-9,13-14,24,26H,5-7,10-11,21H2,1-2H3,(H,22,27)(H,23,25)(H,28,29). The van der Waals surface area contributed by atoms with Crippen molar-refractivity contribution < 1.29 is 39.2 Å². The maximum absolute atomic E-state index is 12.1. The van der Waals surface area contributed by atoms with Gasteiger partial charge in [-0.25, -0.2) is 0 Å². The van der Waals surface area contributed by atoms with E-state index in [4.69, 9.17) is 25.4 Å². The van der Waals surface area contributed by atoms with Gasteiger partial charge in [-0.2, -0.15) is 11.8 Å². The maximum atomic E-state index is 12.1. The summed E-state index contributed by atoms with van der Waals surface area (Å²) in [7, 11) is 2.86. The smallest absolute Gasteiger partial charge is 0.320 e. The van der Waals surface area contributed by atoms with E-state index in [1.165, 1.54) is 26.0 Å². The Morgan fingerprint density at radius 3 is 2.38 bits per heavy atom. The third-order valence-electron chi connectivity index (χ3n) is 4.22. The molecule has 0 radical (unpaired) electrons. The van der Waals surface area contributed by atoms with Crippen molar-refractivity contribution >= 4 is 35.6 Å². The number of ether oxygens (including phenoxy) is 2. The molecule has 0 bridgehead atoms. The van der Waals surface area contributed by atoms with E-state index < -0.39 is 36.6 Å². The number of carboxylic acid groups (broad SMARTS) is 1. The molecule has 0 aromatic heterocycles. The molecule has 0 saturated carbocycles. The number of hydrogen-bond acceptors (Lipinski definition) is 9. The number of carbonyl (C=O) groups is 3. The number of aromatic hydroxyl groups is 1. The monoisotopic (exact) mass is 471 g/mol. The lowest BCUT2D eigenvalue weighted by Crippen LogP contribution is -2.48. The molecule has 7 N–H and O–H groups in total. The molecule has 1 aromatic rings. The number of aliphatic carboxylic acids is 1. The number of nitrogens with one attached hydrogen (secondary N) is 2. The van der Waals surface area contributed by atoms with Crippen LogP contribution in [-0.2, 0) is 14.4 Å². The summed E-state index contributed by atoms with van der Waals surface area (Å²) in [5.74, 6) is -1.14. The SMILES string of the molecule is COc1cc(C=CCSCC(NC(=O)CCC(N)C(=O)O)C(=O)NCO)cc(OC)c1O. The van der Waals surface area contributed by atoms with Crippen molar-refractivity contribution in [3.63, 3.8) is 0 Å². The minimum absolute atomic E-state index is 0.0645. The second kappa shape index (κ2) is 14.2. The molecule has 0 fully saturated rings. The first-order valence-electron chi connectivity index (χ1n) is 9.59. The van der Waals surface area contributed by atoms with Crippen LogP contribution in [0, 0.1) is 0 Å². The Labute approximate surface area is 190 Å². The first kappa shape index (κ1) is 27.1. The van der Waals surface area contributed by atoms with Gasteiger partial charge in [-0.3, -0.25) is 14.4 Å². The quantitative estimate of drug-likeness (QED) is 0.158. The molecular weight excluding hydrogens is 442 g/mol. The minimum Gasteiger partial charge on any atom is -0.502 e. The van der Waals surface area contributed by atoms with E-state index >= 15 is 0 Å². The summed E-state index contributed by atoms with van der Waals surface area (Å²) in [6.45, 7) is -0.579. The lowest BCUT2D eigenvalue weighted by atomic mass is 10.1. The van der Waals surface area contributed by atoms with Crippen molar-refractivity contribution in [1.29, 1.82) is 0 Å². The van der Waals surface area contributed by atoms with Gasteiger partial charge in [0.15, 0.2) is 11.5 Å². The van der Waals surface area contributed by atoms with E-state index in [-0.39, 0.29) is 35.8 Å². The van der Waals surface area contributed by atoms with Gasteiger partial charge in [-0.05, 0) is 24.1 Å². The van der Waals surface area contributed by atoms with Crippen LogP contribution < -0.4 is 25.8 Å². The fourth-order valence-corrected chi connectivity index (χ4v) is 3.35. The summed E-state index contributed by atoms with van der Waals surface area (Å²) >= 11 is 1.35. The van der Waals surface area contributed by atoms with E-state index in [1.54, 1.807) is 18.2 Å². The van der Waals surface area contributed by atoms with Crippen LogP contribution in [0.25, 0.3) is 6.08 Å². The Bertz CT molecular complexity index is 793. The Kier molecular flexibility index (Phi) is 12.0. The van der Waals surface area contributed by atoms with Gasteiger partial charge >= 0.3 is 5.97 Å². The van der Waals surface area contributed by atoms with Crippen LogP contribution in [0.1, 0.15) is 18.4 Å². The first-order chi connectivity index (χ1) is 15.2. The molecule has 0 heterocycles. The molecule has 178 valence electrons. The molecular formula is C20H29N3O8S. The highest BCUT2D eigenvalue weighted by Crippen LogP contribution is 2.37. The first-order valence-corrected chi connectivity index (χ1v) is 10.7. The van der Waals surface area contributed by atoms with Crippen molar-refractivity contribution in [1.82, 2.24) is 10.6 Å². The molecule has 2 amide bonds. The highest BCUT2D eigenvalue weighted by Gasteiger charge is 2.21. The molecule has 0 aliphatic rings. The normalized spacial score (nSPS) is 12.8. The molecule has 1 aromatic carbocycles. The number of benzene rings is 1. The number of aliphatic hydroxyl groups is 1. The van der Waals surface area contributed by atoms with Gasteiger partial charge in [0.1, 0.15) is 18.8 Å². The zero-order valence-electron chi connectivity index (χ0n) is 17.9. The van der Waals surface area contributed by atoms with E-state index in [9.17, 15) is 19.5 Å². The number of aliphatic hydroxyl groups excluding tert-OH is 1. The molecule has 12 heteroatoms. The average molecular weight is 472 g/mol. The van der Waals surface area contributed by atoms with Crippen LogP contribution in [0.2, 0.25) is 0 Å². The largest absolute Gasteiger partial charge is 0.502 e.